The average Bonchev–Trinajstić information content (AvgIpc) is 3.33. The highest BCUT2D eigenvalue weighted by atomic mass is 16.4. The van der Waals surface area contributed by atoms with Crippen LogP contribution in [0.15, 0.2) is 0 Å². The van der Waals surface area contributed by atoms with Gasteiger partial charge in [0.15, 0.2) is 6.17 Å². The van der Waals surface area contributed by atoms with E-state index in [0.29, 0.717) is 38.6 Å². The maximum atomic E-state index is 13.5. The summed E-state index contributed by atoms with van der Waals surface area (Å²) >= 11 is 0. The normalized spacial score (nSPS) is 42.7. The Hall–Kier alpha value is -2.00. The summed E-state index contributed by atoms with van der Waals surface area (Å²) in [6.45, 7) is 0.483. The number of hydrogen-bond donors (Lipinski definition) is 4. The molecule has 2 aliphatic heterocycles. The van der Waals surface area contributed by atoms with Crippen molar-refractivity contribution < 1.29 is 39.0 Å². The zero-order valence-electron chi connectivity index (χ0n) is 17.8. The summed E-state index contributed by atoms with van der Waals surface area (Å²) in [5.74, 6) is -4.81. The van der Waals surface area contributed by atoms with Gasteiger partial charge in [0.1, 0.15) is 5.92 Å². The molecule has 0 radical (unpaired) electrons. The summed E-state index contributed by atoms with van der Waals surface area (Å²) in [6.07, 6.45) is 5.09. The minimum atomic E-state index is -1.09. The minimum absolute atomic E-state index is 0.0471. The van der Waals surface area contributed by atoms with E-state index in [1.807, 2.05) is 0 Å². The second kappa shape index (κ2) is 8.16. The fraction of sp³-hybridized carbons (Fsp3) is 0.818. The number of nitrogens with zero attached hydrogens (tertiary/aromatic N) is 1. The molecule has 0 aromatic carbocycles. The van der Waals surface area contributed by atoms with Crippen LogP contribution in [0.4, 0.5) is 0 Å². The standard InChI is InChI=1S/C22H32N2O7/c25-13-9-10-22(16(12-13)20(29)30)21(31)24(22)11-5-1-2-8-17(24)23-18(26)14-6-3-4-7-15(14)19(27)28/h13-17,25H,1-12H2,(H2-,23,26,27,28,29,30)/p+1. The van der Waals surface area contributed by atoms with Crippen molar-refractivity contribution in [2.45, 2.75) is 88.4 Å². The summed E-state index contributed by atoms with van der Waals surface area (Å²) in [6, 6.07) is 0. The lowest BCUT2D eigenvalue weighted by atomic mass is 9.76. The monoisotopic (exact) mass is 437 g/mol. The summed E-state index contributed by atoms with van der Waals surface area (Å²) < 4.78 is -0.0487. The Labute approximate surface area is 181 Å². The second-order valence-corrected chi connectivity index (χ2v) is 9.85. The second-order valence-electron chi connectivity index (χ2n) is 9.85. The van der Waals surface area contributed by atoms with Crippen LogP contribution in [-0.4, -0.2) is 67.9 Å². The van der Waals surface area contributed by atoms with Gasteiger partial charge in [0, 0.05) is 12.8 Å². The highest BCUT2D eigenvalue weighted by molar-refractivity contribution is 5.98. The predicted molar refractivity (Wildman–Crippen MR) is 107 cm³/mol. The van der Waals surface area contributed by atoms with E-state index in [4.69, 9.17) is 0 Å². The van der Waals surface area contributed by atoms with Crippen LogP contribution in [0.1, 0.15) is 70.6 Å². The van der Waals surface area contributed by atoms with E-state index >= 15 is 0 Å². The van der Waals surface area contributed by atoms with E-state index in [2.05, 4.69) is 5.32 Å². The third kappa shape index (κ3) is 3.36. The van der Waals surface area contributed by atoms with Crippen molar-refractivity contribution in [1.82, 2.24) is 5.32 Å². The fourth-order valence-electron chi connectivity index (χ4n) is 6.81. The Morgan fingerprint density at radius 1 is 0.903 bits per heavy atom. The quantitative estimate of drug-likeness (QED) is 0.383. The molecule has 4 fully saturated rings. The Morgan fingerprint density at radius 3 is 2.26 bits per heavy atom. The lowest BCUT2D eigenvalue weighted by molar-refractivity contribution is -0.830. The van der Waals surface area contributed by atoms with Crippen LogP contribution in [-0.2, 0) is 19.2 Å². The van der Waals surface area contributed by atoms with Crippen LogP contribution in [0.25, 0.3) is 0 Å². The molecule has 4 rings (SSSR count). The number of fused-ring (bicyclic) bond motifs is 1. The van der Waals surface area contributed by atoms with E-state index in [1.165, 1.54) is 0 Å². The van der Waals surface area contributed by atoms with Crippen LogP contribution in [0.3, 0.4) is 0 Å². The molecule has 0 aromatic rings. The summed E-state index contributed by atoms with van der Waals surface area (Å²) in [7, 11) is 0. The maximum Gasteiger partial charge on any atom is 0.378 e. The first-order chi connectivity index (χ1) is 14.8. The number of carbonyl (C=O) groups is 4. The van der Waals surface area contributed by atoms with E-state index < -0.39 is 47.5 Å². The molecule has 7 unspecified atom stereocenters. The zero-order chi connectivity index (χ0) is 22.4. The minimum Gasteiger partial charge on any atom is -0.481 e. The van der Waals surface area contributed by atoms with Crippen molar-refractivity contribution in [2.75, 3.05) is 6.54 Å². The summed E-state index contributed by atoms with van der Waals surface area (Å²) in [5.41, 5.74) is -1.09. The van der Waals surface area contributed by atoms with Crippen molar-refractivity contribution in [1.29, 1.82) is 0 Å². The SMILES string of the molecule is O=C(O)C1CCCCC1C(=O)NC1CCCCC[N+]12C(=O)C21CCC(O)CC1C(=O)O. The van der Waals surface area contributed by atoms with Gasteiger partial charge >= 0.3 is 17.8 Å². The lowest BCUT2D eigenvalue weighted by Gasteiger charge is -2.37. The number of carboxylic acids is 2. The molecule has 2 saturated carbocycles. The van der Waals surface area contributed by atoms with Gasteiger partial charge in [-0.2, -0.15) is 0 Å². The van der Waals surface area contributed by atoms with E-state index in [0.717, 1.165) is 32.1 Å². The largest absolute Gasteiger partial charge is 0.481 e. The van der Waals surface area contributed by atoms with Gasteiger partial charge in [-0.3, -0.25) is 14.4 Å². The molecule has 9 heteroatoms. The maximum absolute atomic E-state index is 13.5. The molecular weight excluding hydrogens is 404 g/mol. The smallest absolute Gasteiger partial charge is 0.378 e. The highest BCUT2D eigenvalue weighted by Crippen LogP contribution is 2.59. The average molecular weight is 438 g/mol. The first kappa shape index (κ1) is 22.2. The predicted octanol–water partition coefficient (Wildman–Crippen LogP) is 1.24. The summed E-state index contributed by atoms with van der Waals surface area (Å²) in [5, 5.41) is 32.5. The van der Waals surface area contributed by atoms with Gasteiger partial charge in [0.2, 0.25) is 11.4 Å². The number of quaternary nitrogens is 1. The Morgan fingerprint density at radius 2 is 1.58 bits per heavy atom. The van der Waals surface area contributed by atoms with Crippen molar-refractivity contribution in [3.63, 3.8) is 0 Å². The van der Waals surface area contributed by atoms with Gasteiger partial charge in [-0.15, -0.1) is 0 Å². The number of rotatable bonds is 4. The molecule has 2 saturated heterocycles. The molecule has 4 aliphatic rings. The Balaban J connectivity index is 1.62. The van der Waals surface area contributed by atoms with Crippen molar-refractivity contribution in [3.05, 3.63) is 0 Å². The zero-order valence-corrected chi connectivity index (χ0v) is 17.8. The molecular formula is C22H33N2O7+. The van der Waals surface area contributed by atoms with E-state index in [1.54, 1.807) is 0 Å². The number of amides is 2. The topological polar surface area (TPSA) is 141 Å². The molecule has 7 atom stereocenters. The highest BCUT2D eigenvalue weighted by Gasteiger charge is 2.87. The molecule has 2 amide bonds. The van der Waals surface area contributed by atoms with Gasteiger partial charge in [0.25, 0.3) is 0 Å². The molecule has 9 nitrogen and oxygen atoms in total. The van der Waals surface area contributed by atoms with Crippen molar-refractivity contribution in [2.24, 2.45) is 17.8 Å². The van der Waals surface area contributed by atoms with Crippen LogP contribution >= 0.6 is 0 Å². The number of nitrogens with one attached hydrogen (secondary N) is 1. The molecule has 2 aliphatic carbocycles. The third-order valence-electron chi connectivity index (χ3n) is 8.39. The van der Waals surface area contributed by atoms with Gasteiger partial charge in [0.05, 0.1) is 24.5 Å². The van der Waals surface area contributed by atoms with Crippen LogP contribution < -0.4 is 5.32 Å². The molecule has 2 spiro atoms. The number of aliphatic hydroxyl groups is 1. The van der Waals surface area contributed by atoms with E-state index in [9.17, 15) is 34.5 Å². The van der Waals surface area contributed by atoms with Crippen molar-refractivity contribution >= 4 is 23.8 Å². The molecule has 31 heavy (non-hydrogen) atoms. The van der Waals surface area contributed by atoms with Gasteiger partial charge < -0.3 is 20.6 Å². The molecule has 172 valence electrons. The molecule has 0 bridgehead atoms. The first-order valence-corrected chi connectivity index (χ1v) is 11.6. The number of aliphatic carboxylic acids is 2. The fourth-order valence-corrected chi connectivity index (χ4v) is 6.81. The number of aliphatic hydroxyl groups excluding tert-OH is 1. The number of hydrogen-bond acceptors (Lipinski definition) is 5. The summed E-state index contributed by atoms with van der Waals surface area (Å²) in [4.78, 5) is 50.4. The van der Waals surface area contributed by atoms with Crippen molar-refractivity contribution in [3.8, 4) is 0 Å². The first-order valence-electron chi connectivity index (χ1n) is 11.6. The van der Waals surface area contributed by atoms with Crippen LogP contribution in [0.5, 0.6) is 0 Å². The Kier molecular flexibility index (Phi) is 5.85. The number of carboxylic acid groups (broad SMARTS) is 2. The van der Waals surface area contributed by atoms with Crippen LogP contribution in [0, 0.1) is 17.8 Å². The van der Waals surface area contributed by atoms with Gasteiger partial charge in [-0.1, -0.05) is 12.8 Å². The molecule has 0 aromatic heterocycles. The molecule has 4 N–H and O–H groups in total. The lowest BCUT2D eigenvalue weighted by Crippen LogP contribution is -2.59. The van der Waals surface area contributed by atoms with Gasteiger partial charge in [-0.25, -0.2) is 9.28 Å². The van der Waals surface area contributed by atoms with Crippen LogP contribution in [0.2, 0.25) is 0 Å². The van der Waals surface area contributed by atoms with E-state index in [-0.39, 0.29) is 22.7 Å². The number of carbonyl (C=O) groups excluding carboxylic acids is 2. The Bertz CT molecular complexity index is 786. The molecule has 2 heterocycles. The van der Waals surface area contributed by atoms with Gasteiger partial charge in [-0.05, 0) is 44.9 Å². The third-order valence-corrected chi connectivity index (χ3v) is 8.39.